The molecule has 1 atom stereocenters. The molecule has 0 N–H and O–H groups in total. The first-order chi connectivity index (χ1) is 11.2. The number of aliphatic carboxylic acids is 1. The van der Waals surface area contributed by atoms with Crippen LogP contribution >= 0.6 is 0 Å². The molecule has 0 radical (unpaired) electrons. The molecule has 0 aliphatic rings. The standard InChI is InChI=1S/C18H24F2O5/c1-11(2)17(6,18(19,20)15(22)23)25-14(21)12-7-9-13(10-8-12)24-16(3,4)5/h7-11H,1-6H3,(H,22,23)/p-1. The highest BCUT2D eigenvalue weighted by molar-refractivity contribution is 5.90. The second-order valence-electron chi connectivity index (χ2n) is 7.25. The van der Waals surface area contributed by atoms with Gasteiger partial charge in [-0.05, 0) is 57.9 Å². The molecular weight excluding hydrogens is 334 g/mol. The Hall–Kier alpha value is -2.18. The molecule has 0 aromatic heterocycles. The number of carboxylic acids is 1. The Labute approximate surface area is 145 Å². The number of alkyl halides is 2. The number of hydrogen-bond acceptors (Lipinski definition) is 5. The number of halogens is 2. The summed E-state index contributed by atoms with van der Waals surface area (Å²) in [7, 11) is 0. The van der Waals surface area contributed by atoms with Gasteiger partial charge in [0.15, 0.2) is 5.60 Å². The van der Waals surface area contributed by atoms with Gasteiger partial charge in [0.05, 0.1) is 5.56 Å². The van der Waals surface area contributed by atoms with Crippen molar-refractivity contribution in [2.45, 2.75) is 58.7 Å². The summed E-state index contributed by atoms with van der Waals surface area (Å²) >= 11 is 0. The molecule has 7 heteroatoms. The fourth-order valence-electron chi connectivity index (χ4n) is 2.01. The molecule has 0 bridgehead atoms. The maximum absolute atomic E-state index is 14.0. The molecular formula is C18H23F2O5-. The van der Waals surface area contributed by atoms with Gasteiger partial charge in [0.2, 0.25) is 0 Å². The van der Waals surface area contributed by atoms with Gasteiger partial charge in [-0.15, -0.1) is 0 Å². The van der Waals surface area contributed by atoms with Crippen LogP contribution in [0.15, 0.2) is 24.3 Å². The summed E-state index contributed by atoms with van der Waals surface area (Å²) in [6, 6.07) is 5.74. The van der Waals surface area contributed by atoms with E-state index in [9.17, 15) is 23.5 Å². The van der Waals surface area contributed by atoms with Crippen LogP contribution in [0.3, 0.4) is 0 Å². The van der Waals surface area contributed by atoms with Crippen molar-refractivity contribution >= 4 is 11.9 Å². The van der Waals surface area contributed by atoms with Gasteiger partial charge in [-0.1, -0.05) is 13.8 Å². The number of carbonyl (C=O) groups is 2. The maximum Gasteiger partial charge on any atom is 0.338 e. The number of rotatable bonds is 6. The molecule has 1 aromatic carbocycles. The minimum atomic E-state index is -4.34. The van der Waals surface area contributed by atoms with E-state index < -0.39 is 35.0 Å². The van der Waals surface area contributed by atoms with Gasteiger partial charge in [0.25, 0.3) is 0 Å². The highest BCUT2D eigenvalue weighted by atomic mass is 19.3. The lowest BCUT2D eigenvalue weighted by molar-refractivity contribution is -0.345. The summed E-state index contributed by atoms with van der Waals surface area (Å²) in [5.41, 5.74) is -2.99. The second-order valence-corrected chi connectivity index (χ2v) is 7.25. The number of ether oxygens (including phenoxy) is 2. The van der Waals surface area contributed by atoms with Crippen molar-refractivity contribution in [1.82, 2.24) is 0 Å². The third kappa shape index (κ3) is 4.67. The van der Waals surface area contributed by atoms with Gasteiger partial charge >= 0.3 is 11.9 Å². The molecule has 5 nitrogen and oxygen atoms in total. The Kier molecular flexibility index (Phi) is 5.82. The average Bonchev–Trinajstić information content (AvgIpc) is 2.45. The van der Waals surface area contributed by atoms with E-state index in [4.69, 9.17) is 9.47 Å². The first kappa shape index (κ1) is 20.9. The maximum atomic E-state index is 14.0. The molecule has 0 aliphatic heterocycles. The van der Waals surface area contributed by atoms with Gasteiger partial charge < -0.3 is 19.4 Å². The average molecular weight is 357 g/mol. The van der Waals surface area contributed by atoms with Crippen molar-refractivity contribution in [2.24, 2.45) is 5.92 Å². The number of carboxylic acid groups (broad SMARTS) is 1. The monoisotopic (exact) mass is 357 g/mol. The molecule has 0 saturated heterocycles. The van der Waals surface area contributed by atoms with Crippen LogP contribution in [-0.4, -0.2) is 29.1 Å². The topological polar surface area (TPSA) is 75.7 Å². The van der Waals surface area contributed by atoms with E-state index in [1.807, 2.05) is 20.8 Å². The molecule has 0 spiro atoms. The molecule has 0 saturated carbocycles. The molecule has 0 aliphatic carbocycles. The fourth-order valence-corrected chi connectivity index (χ4v) is 2.01. The van der Waals surface area contributed by atoms with Crippen LogP contribution in [0.25, 0.3) is 0 Å². The number of esters is 1. The molecule has 0 fully saturated rings. The largest absolute Gasteiger partial charge is 0.544 e. The zero-order valence-electron chi connectivity index (χ0n) is 15.2. The third-order valence-electron chi connectivity index (χ3n) is 3.80. The lowest BCUT2D eigenvalue weighted by Crippen LogP contribution is -2.61. The minimum absolute atomic E-state index is 0.00211. The Morgan fingerprint density at radius 1 is 1.04 bits per heavy atom. The summed E-state index contributed by atoms with van der Waals surface area (Å²) in [6.07, 6.45) is 0. The van der Waals surface area contributed by atoms with Gasteiger partial charge in [-0.25, -0.2) is 4.79 Å². The van der Waals surface area contributed by atoms with E-state index in [1.54, 1.807) is 0 Å². The lowest BCUT2D eigenvalue weighted by Gasteiger charge is -2.40. The summed E-state index contributed by atoms with van der Waals surface area (Å²) in [5, 5.41) is 10.8. The van der Waals surface area contributed by atoms with E-state index in [2.05, 4.69) is 0 Å². The van der Waals surface area contributed by atoms with Gasteiger partial charge in [-0.3, -0.25) is 0 Å². The molecule has 1 rings (SSSR count). The van der Waals surface area contributed by atoms with Gasteiger partial charge in [0.1, 0.15) is 17.3 Å². The lowest BCUT2D eigenvalue weighted by atomic mass is 9.85. The SMILES string of the molecule is CC(C)C(C)(OC(=O)c1ccc(OC(C)(C)C)cc1)C(F)(F)C(=O)[O-]. The van der Waals surface area contributed by atoms with Crippen molar-refractivity contribution < 1.29 is 33.0 Å². The molecule has 1 unspecified atom stereocenters. The van der Waals surface area contributed by atoms with Crippen LogP contribution in [0.1, 0.15) is 51.9 Å². The van der Waals surface area contributed by atoms with Crippen molar-refractivity contribution in [3.63, 3.8) is 0 Å². The van der Waals surface area contributed by atoms with Crippen LogP contribution in [0, 0.1) is 5.92 Å². The van der Waals surface area contributed by atoms with Crippen LogP contribution in [0.4, 0.5) is 8.78 Å². The Morgan fingerprint density at radius 3 is 1.88 bits per heavy atom. The van der Waals surface area contributed by atoms with Crippen molar-refractivity contribution in [3.8, 4) is 5.75 Å². The van der Waals surface area contributed by atoms with Crippen LogP contribution < -0.4 is 9.84 Å². The number of hydrogen-bond donors (Lipinski definition) is 0. The van der Waals surface area contributed by atoms with E-state index in [0.29, 0.717) is 5.75 Å². The zero-order valence-corrected chi connectivity index (χ0v) is 15.2. The molecule has 0 amide bonds. The Bertz CT molecular complexity index is 632. The quantitative estimate of drug-likeness (QED) is 0.732. The normalized spacial score (nSPS) is 14.8. The minimum Gasteiger partial charge on any atom is -0.544 e. The van der Waals surface area contributed by atoms with Crippen molar-refractivity contribution in [3.05, 3.63) is 29.8 Å². The van der Waals surface area contributed by atoms with E-state index in [-0.39, 0.29) is 5.56 Å². The highest BCUT2D eigenvalue weighted by Gasteiger charge is 2.56. The van der Waals surface area contributed by atoms with Gasteiger partial charge in [-0.2, -0.15) is 8.78 Å². The summed E-state index contributed by atoms with van der Waals surface area (Å²) < 4.78 is 38.5. The van der Waals surface area contributed by atoms with Crippen molar-refractivity contribution in [2.75, 3.05) is 0 Å². The van der Waals surface area contributed by atoms with Gasteiger partial charge in [0, 0.05) is 0 Å². The van der Waals surface area contributed by atoms with Crippen LogP contribution in [0.2, 0.25) is 0 Å². The van der Waals surface area contributed by atoms with Crippen molar-refractivity contribution in [1.29, 1.82) is 0 Å². The fraction of sp³-hybridized carbons (Fsp3) is 0.556. The Morgan fingerprint density at radius 2 is 1.52 bits per heavy atom. The first-order valence-corrected chi connectivity index (χ1v) is 7.82. The third-order valence-corrected chi connectivity index (χ3v) is 3.80. The van der Waals surface area contributed by atoms with E-state index in [1.165, 1.54) is 38.1 Å². The second kappa shape index (κ2) is 6.98. The predicted molar refractivity (Wildman–Crippen MR) is 85.4 cm³/mol. The first-order valence-electron chi connectivity index (χ1n) is 7.82. The predicted octanol–water partition coefficient (Wildman–Crippen LogP) is 2.82. The van der Waals surface area contributed by atoms with Crippen LogP contribution in [-0.2, 0) is 9.53 Å². The number of carbonyl (C=O) groups excluding carboxylic acids is 2. The van der Waals surface area contributed by atoms with Crippen LogP contribution in [0.5, 0.6) is 5.75 Å². The van der Waals surface area contributed by atoms with E-state index >= 15 is 0 Å². The molecule has 140 valence electrons. The zero-order chi connectivity index (χ0) is 19.6. The smallest absolute Gasteiger partial charge is 0.338 e. The summed E-state index contributed by atoms with van der Waals surface area (Å²) in [6.45, 7) is 9.11. The summed E-state index contributed by atoms with van der Waals surface area (Å²) in [5.74, 6) is -8.46. The highest BCUT2D eigenvalue weighted by Crippen LogP contribution is 2.38. The van der Waals surface area contributed by atoms with E-state index in [0.717, 1.165) is 6.92 Å². The molecule has 0 heterocycles. The Balaban J connectivity index is 3.04. The molecule has 25 heavy (non-hydrogen) atoms. The molecule has 1 aromatic rings. The summed E-state index contributed by atoms with van der Waals surface area (Å²) in [4.78, 5) is 23.0. The number of benzene rings is 1.